The second kappa shape index (κ2) is 9.00. The molecule has 2 heterocycles. The Labute approximate surface area is 191 Å². The van der Waals surface area contributed by atoms with Crippen LogP contribution in [0.15, 0.2) is 79.0 Å². The quantitative estimate of drug-likeness (QED) is 0.441. The summed E-state index contributed by atoms with van der Waals surface area (Å²) in [5.74, 6) is 1.01. The summed E-state index contributed by atoms with van der Waals surface area (Å²) >= 11 is 0. The molecule has 2 N–H and O–H groups in total. The number of pyridine rings is 1. The average Bonchev–Trinajstić information content (AvgIpc) is 2.80. The van der Waals surface area contributed by atoms with E-state index >= 15 is 0 Å². The molecule has 1 saturated heterocycles. The van der Waals surface area contributed by atoms with Crippen LogP contribution in [0.3, 0.4) is 0 Å². The lowest BCUT2D eigenvalue weighted by Gasteiger charge is -2.39. The largest absolute Gasteiger partial charge is 0.438 e. The lowest BCUT2D eigenvalue weighted by Crippen LogP contribution is -2.46. The van der Waals surface area contributed by atoms with Crippen LogP contribution in [0.2, 0.25) is 0 Å². The maximum Gasteiger partial charge on any atom is 0.250 e. The lowest BCUT2D eigenvalue weighted by atomic mass is 9.91. The Hall–Kier alpha value is -3.77. The summed E-state index contributed by atoms with van der Waals surface area (Å²) in [6.07, 6.45) is 2.40. The molecule has 5 rings (SSSR count). The summed E-state index contributed by atoms with van der Waals surface area (Å²) in [4.78, 5) is 17.9. The number of carbonyl (C=O) groups excluding carboxylic acids is 1. The van der Waals surface area contributed by atoms with E-state index in [0.717, 1.165) is 36.8 Å². The van der Waals surface area contributed by atoms with E-state index in [4.69, 9.17) is 10.5 Å². The normalized spacial score (nSPS) is 14.2. The highest BCUT2D eigenvalue weighted by Crippen LogP contribution is 2.32. The third kappa shape index (κ3) is 4.71. The van der Waals surface area contributed by atoms with Crippen molar-refractivity contribution in [2.45, 2.75) is 13.0 Å². The van der Waals surface area contributed by atoms with Gasteiger partial charge in [0.1, 0.15) is 11.6 Å². The van der Waals surface area contributed by atoms with Gasteiger partial charge in [0, 0.05) is 37.3 Å². The van der Waals surface area contributed by atoms with Gasteiger partial charge in [-0.15, -0.1) is 0 Å². The smallest absolute Gasteiger partial charge is 0.250 e. The Balaban J connectivity index is 1.27. The minimum atomic E-state index is -0.519. The molecule has 1 aliphatic rings. The van der Waals surface area contributed by atoms with Crippen molar-refractivity contribution < 1.29 is 13.9 Å². The van der Waals surface area contributed by atoms with Crippen LogP contribution >= 0.6 is 0 Å². The number of rotatable bonds is 7. The van der Waals surface area contributed by atoms with E-state index < -0.39 is 5.91 Å². The van der Waals surface area contributed by atoms with Crippen molar-refractivity contribution in [3.63, 3.8) is 0 Å². The molecule has 0 spiro atoms. The fourth-order valence-electron chi connectivity index (χ4n) is 4.40. The van der Waals surface area contributed by atoms with Crippen molar-refractivity contribution in [3.05, 3.63) is 102 Å². The number of hydrogen-bond donors (Lipinski definition) is 1. The van der Waals surface area contributed by atoms with Crippen LogP contribution < -0.4 is 10.5 Å². The van der Waals surface area contributed by atoms with Crippen LogP contribution in [-0.2, 0) is 13.0 Å². The molecule has 0 atom stereocenters. The molecule has 1 aliphatic heterocycles. The fourth-order valence-corrected chi connectivity index (χ4v) is 4.40. The Kier molecular flexibility index (Phi) is 5.75. The molecular formula is C27H24FN3O2. The van der Waals surface area contributed by atoms with E-state index in [1.165, 1.54) is 29.5 Å². The molecule has 6 heteroatoms. The summed E-state index contributed by atoms with van der Waals surface area (Å²) in [7, 11) is 0. The molecule has 0 saturated carbocycles. The van der Waals surface area contributed by atoms with Gasteiger partial charge in [0.15, 0.2) is 0 Å². The van der Waals surface area contributed by atoms with Gasteiger partial charge < -0.3 is 10.5 Å². The van der Waals surface area contributed by atoms with Gasteiger partial charge in [-0.1, -0.05) is 42.5 Å². The van der Waals surface area contributed by atoms with Crippen LogP contribution in [0.25, 0.3) is 10.8 Å². The van der Waals surface area contributed by atoms with E-state index in [2.05, 4.69) is 22.0 Å². The molecule has 5 nitrogen and oxygen atoms in total. The zero-order valence-corrected chi connectivity index (χ0v) is 18.1. The fraction of sp³-hybridized carbons (Fsp3) is 0.185. The number of halogens is 1. The molecule has 1 aromatic heterocycles. The van der Waals surface area contributed by atoms with Crippen molar-refractivity contribution in [2.75, 3.05) is 13.1 Å². The van der Waals surface area contributed by atoms with Gasteiger partial charge in [-0.2, -0.15) is 0 Å². The Morgan fingerprint density at radius 3 is 2.48 bits per heavy atom. The molecule has 0 bridgehead atoms. The molecule has 0 radical (unpaired) electrons. The average molecular weight is 442 g/mol. The SMILES string of the molecule is NC(=O)c1ccc(Oc2cccc3c(CN4CC(Cc5ccc(F)cc5)C4)cccc23)nc1. The predicted octanol–water partition coefficient (Wildman–Crippen LogP) is 4.94. The lowest BCUT2D eigenvalue weighted by molar-refractivity contribution is 0.0931. The highest BCUT2D eigenvalue weighted by atomic mass is 19.1. The van der Waals surface area contributed by atoms with Gasteiger partial charge in [-0.3, -0.25) is 9.69 Å². The summed E-state index contributed by atoms with van der Waals surface area (Å²) in [5, 5.41) is 2.16. The van der Waals surface area contributed by atoms with Crippen molar-refractivity contribution in [2.24, 2.45) is 11.7 Å². The van der Waals surface area contributed by atoms with Gasteiger partial charge in [0.25, 0.3) is 0 Å². The van der Waals surface area contributed by atoms with E-state index in [0.29, 0.717) is 23.1 Å². The molecule has 1 fully saturated rings. The topological polar surface area (TPSA) is 68.5 Å². The van der Waals surface area contributed by atoms with Crippen molar-refractivity contribution in [1.29, 1.82) is 0 Å². The number of benzene rings is 3. The van der Waals surface area contributed by atoms with Crippen LogP contribution in [0, 0.1) is 11.7 Å². The molecule has 0 aliphatic carbocycles. The van der Waals surface area contributed by atoms with Gasteiger partial charge in [-0.05, 0) is 53.1 Å². The maximum absolute atomic E-state index is 13.1. The molecule has 33 heavy (non-hydrogen) atoms. The highest BCUT2D eigenvalue weighted by Gasteiger charge is 2.27. The zero-order chi connectivity index (χ0) is 22.8. The summed E-state index contributed by atoms with van der Waals surface area (Å²) in [5.41, 5.74) is 8.05. The Bertz CT molecular complexity index is 1280. The molecule has 4 aromatic rings. The van der Waals surface area contributed by atoms with Gasteiger partial charge in [-0.25, -0.2) is 9.37 Å². The van der Waals surface area contributed by atoms with E-state index in [9.17, 15) is 9.18 Å². The number of carbonyl (C=O) groups is 1. The molecule has 3 aromatic carbocycles. The molecule has 166 valence electrons. The second-order valence-electron chi connectivity index (χ2n) is 8.51. The number of primary amides is 1. The minimum Gasteiger partial charge on any atom is -0.438 e. The van der Waals surface area contributed by atoms with E-state index in [1.807, 2.05) is 36.4 Å². The Morgan fingerprint density at radius 2 is 1.76 bits per heavy atom. The predicted molar refractivity (Wildman–Crippen MR) is 126 cm³/mol. The van der Waals surface area contributed by atoms with Crippen molar-refractivity contribution >= 4 is 16.7 Å². The molecule has 0 unspecified atom stereocenters. The van der Waals surface area contributed by atoms with E-state index in [1.54, 1.807) is 12.1 Å². The number of nitrogens with zero attached hydrogens (tertiary/aromatic N) is 2. The third-order valence-electron chi connectivity index (χ3n) is 6.07. The molecule has 1 amide bonds. The van der Waals surface area contributed by atoms with Crippen LogP contribution in [0.5, 0.6) is 11.6 Å². The highest BCUT2D eigenvalue weighted by molar-refractivity contribution is 5.92. The minimum absolute atomic E-state index is 0.188. The third-order valence-corrected chi connectivity index (χ3v) is 6.07. The van der Waals surface area contributed by atoms with Crippen LogP contribution in [0.1, 0.15) is 21.5 Å². The number of amides is 1. The monoisotopic (exact) mass is 441 g/mol. The number of fused-ring (bicyclic) bond motifs is 1. The first-order chi connectivity index (χ1) is 16.0. The first-order valence-corrected chi connectivity index (χ1v) is 11.0. The number of likely N-dealkylation sites (tertiary alicyclic amines) is 1. The number of aromatic nitrogens is 1. The van der Waals surface area contributed by atoms with Crippen molar-refractivity contribution in [1.82, 2.24) is 9.88 Å². The summed E-state index contributed by atoms with van der Waals surface area (Å²) in [6, 6.07) is 22.3. The number of ether oxygens (including phenoxy) is 1. The summed E-state index contributed by atoms with van der Waals surface area (Å²) < 4.78 is 19.1. The van der Waals surface area contributed by atoms with Crippen LogP contribution in [0.4, 0.5) is 4.39 Å². The zero-order valence-electron chi connectivity index (χ0n) is 18.1. The van der Waals surface area contributed by atoms with Gasteiger partial charge in [0.2, 0.25) is 11.8 Å². The molecular weight excluding hydrogens is 417 g/mol. The second-order valence-corrected chi connectivity index (χ2v) is 8.51. The first-order valence-electron chi connectivity index (χ1n) is 11.0. The first kappa shape index (κ1) is 21.1. The Morgan fingerprint density at radius 1 is 1.00 bits per heavy atom. The number of hydrogen-bond acceptors (Lipinski definition) is 4. The summed E-state index contributed by atoms with van der Waals surface area (Å²) in [6.45, 7) is 2.92. The van der Waals surface area contributed by atoms with Gasteiger partial charge >= 0.3 is 0 Å². The van der Waals surface area contributed by atoms with E-state index in [-0.39, 0.29) is 5.82 Å². The standard InChI is InChI=1S/C27H24FN3O2/c28-22-10-7-18(8-11-22)13-19-15-31(16-19)17-21-3-1-5-24-23(21)4-2-6-25(24)33-26-12-9-20(14-30-26)27(29)32/h1-12,14,19H,13,15-17H2,(H2,29,32). The maximum atomic E-state index is 13.1. The van der Waals surface area contributed by atoms with Crippen molar-refractivity contribution in [3.8, 4) is 11.6 Å². The number of nitrogens with two attached hydrogens (primary N) is 1. The van der Waals surface area contributed by atoms with Gasteiger partial charge in [0.05, 0.1) is 5.56 Å². The van der Waals surface area contributed by atoms with Crippen LogP contribution in [-0.4, -0.2) is 28.9 Å².